The number of carbonyl (C=O) groups excluding carboxylic acids is 1. The lowest BCUT2D eigenvalue weighted by Gasteiger charge is -2.27. The van der Waals surface area contributed by atoms with Gasteiger partial charge in [-0.05, 0) is 12.1 Å². The van der Waals surface area contributed by atoms with Crippen LogP contribution in [0.5, 0.6) is 0 Å². The standard InChI is InChI=1S/C17H15NO6/c1-22-11-7-10-12(16(24-3)15(11)23-2)14(19)8-5-4-6-9(17(20)21)13(8)18-10/h4-6H,7H2,1-3H3,(H,20,21). The quantitative estimate of drug-likeness (QED) is 0.912. The number of aromatic carboxylic acids is 1. The number of fused-ring (bicyclic) bond motifs is 2. The van der Waals surface area contributed by atoms with Gasteiger partial charge in [0, 0.05) is 5.56 Å². The van der Waals surface area contributed by atoms with Gasteiger partial charge < -0.3 is 19.3 Å². The van der Waals surface area contributed by atoms with E-state index in [1.165, 1.54) is 33.5 Å². The number of carboxylic acids is 1. The monoisotopic (exact) mass is 329 g/mol. The number of aliphatic imine (C=N–C) groups is 1. The smallest absolute Gasteiger partial charge is 0.337 e. The van der Waals surface area contributed by atoms with Crippen molar-refractivity contribution in [2.75, 3.05) is 21.3 Å². The second-order valence-electron chi connectivity index (χ2n) is 5.14. The lowest BCUT2D eigenvalue weighted by atomic mass is 9.87. The van der Waals surface area contributed by atoms with Crippen molar-refractivity contribution in [2.45, 2.75) is 6.42 Å². The number of rotatable bonds is 4. The minimum absolute atomic E-state index is 0.0214. The zero-order chi connectivity index (χ0) is 17.4. The van der Waals surface area contributed by atoms with Gasteiger partial charge in [-0.15, -0.1) is 0 Å². The molecule has 0 atom stereocenters. The Morgan fingerprint density at radius 2 is 1.83 bits per heavy atom. The first kappa shape index (κ1) is 15.8. The van der Waals surface area contributed by atoms with Crippen LogP contribution in [0, 0.1) is 0 Å². The topological polar surface area (TPSA) is 94.4 Å². The van der Waals surface area contributed by atoms with Crippen LogP contribution < -0.4 is 0 Å². The SMILES string of the molecule is COC1=C(OC)C(OC)=C2C(=O)c3cccc(C(=O)O)c3N=C2C1. The molecule has 0 fully saturated rings. The average molecular weight is 329 g/mol. The Kier molecular flexibility index (Phi) is 3.84. The molecule has 1 heterocycles. The maximum Gasteiger partial charge on any atom is 0.337 e. The zero-order valence-electron chi connectivity index (χ0n) is 13.4. The van der Waals surface area contributed by atoms with Crippen molar-refractivity contribution in [1.29, 1.82) is 0 Å². The number of ketones is 1. The molecular weight excluding hydrogens is 314 g/mol. The van der Waals surface area contributed by atoms with E-state index in [4.69, 9.17) is 14.2 Å². The summed E-state index contributed by atoms with van der Waals surface area (Å²) in [6.45, 7) is 0. The third-order valence-electron chi connectivity index (χ3n) is 3.94. The van der Waals surface area contributed by atoms with E-state index in [0.29, 0.717) is 17.2 Å². The molecule has 7 nitrogen and oxygen atoms in total. The largest absolute Gasteiger partial charge is 0.497 e. The molecule has 0 spiro atoms. The fourth-order valence-electron chi connectivity index (χ4n) is 2.88. The molecule has 24 heavy (non-hydrogen) atoms. The molecule has 0 saturated carbocycles. The predicted molar refractivity (Wildman–Crippen MR) is 84.5 cm³/mol. The highest BCUT2D eigenvalue weighted by atomic mass is 16.5. The Morgan fingerprint density at radius 1 is 1.12 bits per heavy atom. The van der Waals surface area contributed by atoms with Crippen LogP contribution in [-0.4, -0.2) is 43.9 Å². The normalized spacial score (nSPS) is 16.3. The summed E-state index contributed by atoms with van der Waals surface area (Å²) >= 11 is 0. The summed E-state index contributed by atoms with van der Waals surface area (Å²) in [5, 5.41) is 9.33. The van der Waals surface area contributed by atoms with E-state index in [1.54, 1.807) is 6.07 Å². The molecule has 124 valence electrons. The van der Waals surface area contributed by atoms with Crippen LogP contribution in [0.3, 0.4) is 0 Å². The van der Waals surface area contributed by atoms with Gasteiger partial charge in [0.1, 0.15) is 5.76 Å². The molecule has 3 rings (SSSR count). The van der Waals surface area contributed by atoms with Crippen LogP contribution in [-0.2, 0) is 14.2 Å². The van der Waals surface area contributed by atoms with E-state index in [1.807, 2.05) is 0 Å². The lowest BCUT2D eigenvalue weighted by molar-refractivity contribution is 0.0698. The Morgan fingerprint density at radius 3 is 2.42 bits per heavy atom. The summed E-state index contributed by atoms with van der Waals surface area (Å²) in [7, 11) is 4.36. The molecule has 0 aromatic heterocycles. The molecule has 1 aromatic rings. The highest BCUT2D eigenvalue weighted by molar-refractivity contribution is 6.34. The van der Waals surface area contributed by atoms with Gasteiger partial charge in [-0.1, -0.05) is 6.07 Å². The second kappa shape index (κ2) is 5.84. The highest BCUT2D eigenvalue weighted by Gasteiger charge is 2.38. The minimum atomic E-state index is -1.14. The number of nitrogens with zero attached hydrogens (tertiary/aromatic N) is 1. The molecule has 0 radical (unpaired) electrons. The lowest BCUT2D eigenvalue weighted by Crippen LogP contribution is -2.27. The summed E-state index contributed by atoms with van der Waals surface area (Å²) in [6.07, 6.45) is 0.209. The molecule has 1 aromatic carbocycles. The van der Waals surface area contributed by atoms with E-state index in [2.05, 4.69) is 4.99 Å². The van der Waals surface area contributed by atoms with Crippen LogP contribution in [0.4, 0.5) is 5.69 Å². The molecule has 1 aliphatic heterocycles. The van der Waals surface area contributed by atoms with Crippen molar-refractivity contribution in [3.63, 3.8) is 0 Å². The van der Waals surface area contributed by atoms with E-state index in [9.17, 15) is 14.7 Å². The van der Waals surface area contributed by atoms with Crippen LogP contribution >= 0.6 is 0 Å². The highest BCUT2D eigenvalue weighted by Crippen LogP contribution is 2.39. The van der Waals surface area contributed by atoms with Crippen molar-refractivity contribution in [3.05, 3.63) is 52.2 Å². The summed E-state index contributed by atoms with van der Waals surface area (Å²) in [5.74, 6) is -0.462. The van der Waals surface area contributed by atoms with Gasteiger partial charge >= 0.3 is 5.97 Å². The molecule has 1 aliphatic carbocycles. The number of ether oxygens (including phenoxy) is 3. The average Bonchev–Trinajstić information content (AvgIpc) is 2.59. The second-order valence-corrected chi connectivity index (χ2v) is 5.14. The Hall–Kier alpha value is -3.09. The molecule has 0 bridgehead atoms. The van der Waals surface area contributed by atoms with E-state index in [0.717, 1.165) is 0 Å². The molecule has 0 amide bonds. The maximum absolute atomic E-state index is 12.9. The van der Waals surface area contributed by atoms with Crippen molar-refractivity contribution in [1.82, 2.24) is 0 Å². The van der Waals surface area contributed by atoms with Crippen LogP contribution in [0.15, 0.2) is 46.0 Å². The number of carbonyl (C=O) groups is 2. The van der Waals surface area contributed by atoms with Crippen molar-refractivity contribution < 1.29 is 28.9 Å². The summed E-state index contributed by atoms with van der Waals surface area (Å²) < 4.78 is 16.0. The first-order chi connectivity index (χ1) is 11.5. The van der Waals surface area contributed by atoms with Crippen molar-refractivity contribution in [2.24, 2.45) is 4.99 Å². The van der Waals surface area contributed by atoms with Crippen LogP contribution in [0.1, 0.15) is 27.1 Å². The zero-order valence-corrected chi connectivity index (χ0v) is 13.4. The fourth-order valence-corrected chi connectivity index (χ4v) is 2.88. The fraction of sp³-hybridized carbons (Fsp3) is 0.235. The molecule has 0 saturated heterocycles. The van der Waals surface area contributed by atoms with E-state index in [-0.39, 0.29) is 40.4 Å². The number of hydrogen-bond donors (Lipinski definition) is 1. The summed E-state index contributed by atoms with van der Waals surface area (Å²) in [4.78, 5) is 28.7. The molecule has 1 N–H and O–H groups in total. The Bertz CT molecular complexity index is 847. The molecular formula is C17H15NO6. The third-order valence-corrected chi connectivity index (χ3v) is 3.94. The summed E-state index contributed by atoms with van der Waals surface area (Å²) in [6, 6.07) is 4.48. The Labute approximate surface area is 137 Å². The number of allylic oxidation sites excluding steroid dienone is 2. The maximum atomic E-state index is 12.9. The third kappa shape index (κ3) is 2.17. The number of carboxylic acid groups (broad SMARTS) is 1. The number of methoxy groups -OCH3 is 3. The van der Waals surface area contributed by atoms with Gasteiger partial charge in [0.05, 0.1) is 50.3 Å². The Balaban J connectivity index is 2.29. The number of hydrogen-bond acceptors (Lipinski definition) is 6. The van der Waals surface area contributed by atoms with Crippen molar-refractivity contribution in [3.8, 4) is 0 Å². The molecule has 7 heteroatoms. The molecule has 2 aliphatic rings. The van der Waals surface area contributed by atoms with Gasteiger partial charge in [-0.2, -0.15) is 0 Å². The van der Waals surface area contributed by atoms with Gasteiger partial charge in [0.25, 0.3) is 0 Å². The van der Waals surface area contributed by atoms with Crippen LogP contribution in [0.2, 0.25) is 0 Å². The van der Waals surface area contributed by atoms with Crippen molar-refractivity contribution >= 4 is 23.2 Å². The minimum Gasteiger partial charge on any atom is -0.497 e. The number of para-hydroxylation sites is 1. The predicted octanol–water partition coefficient (Wildman–Crippen LogP) is 2.46. The van der Waals surface area contributed by atoms with E-state index < -0.39 is 5.97 Å². The first-order valence-corrected chi connectivity index (χ1v) is 7.12. The number of benzene rings is 1. The van der Waals surface area contributed by atoms with Gasteiger partial charge in [0.2, 0.25) is 5.78 Å². The summed E-state index contributed by atoms with van der Waals surface area (Å²) in [5.41, 5.74) is 1.02. The van der Waals surface area contributed by atoms with Gasteiger partial charge in [-0.3, -0.25) is 9.79 Å². The molecule has 0 unspecified atom stereocenters. The van der Waals surface area contributed by atoms with Gasteiger partial charge in [0.15, 0.2) is 11.5 Å². The number of Topliss-reactive ketones (excluding diaryl/α,β-unsaturated/α-hetero) is 1. The van der Waals surface area contributed by atoms with Gasteiger partial charge in [-0.25, -0.2) is 4.79 Å². The van der Waals surface area contributed by atoms with E-state index >= 15 is 0 Å². The van der Waals surface area contributed by atoms with Crippen LogP contribution in [0.25, 0.3) is 0 Å². The first-order valence-electron chi connectivity index (χ1n) is 7.12.